The summed E-state index contributed by atoms with van der Waals surface area (Å²) in [6.45, 7) is 9.72. The van der Waals surface area contributed by atoms with E-state index in [1.54, 1.807) is 12.4 Å². The van der Waals surface area contributed by atoms with Gasteiger partial charge < -0.3 is 4.74 Å². The molecule has 0 fully saturated rings. The highest BCUT2D eigenvalue weighted by atomic mass is 32.2. The van der Waals surface area contributed by atoms with Crippen molar-refractivity contribution >= 4 is 17.7 Å². The number of aryl methyl sites for hydroxylation is 2. The number of aromatic nitrogens is 4. The number of nitrogens with zero attached hydrogens (tertiary/aromatic N) is 4. The normalized spacial score (nSPS) is 11.5. The van der Waals surface area contributed by atoms with Gasteiger partial charge in [-0.1, -0.05) is 17.8 Å². The van der Waals surface area contributed by atoms with E-state index in [4.69, 9.17) is 4.74 Å². The van der Waals surface area contributed by atoms with Gasteiger partial charge in [0, 0.05) is 18.0 Å². The number of pyridine rings is 1. The second-order valence-electron chi connectivity index (χ2n) is 7.52. The summed E-state index contributed by atoms with van der Waals surface area (Å²) in [6, 6.07) is 9.99. The minimum Gasteiger partial charge on any atom is -0.459 e. The number of rotatable bonds is 5. The average molecular weight is 397 g/mol. The topological polar surface area (TPSA) is 69.9 Å². The van der Waals surface area contributed by atoms with Crippen LogP contribution >= 0.6 is 11.8 Å². The fourth-order valence-electron chi connectivity index (χ4n) is 2.64. The molecule has 2 aromatic heterocycles. The van der Waals surface area contributed by atoms with Gasteiger partial charge in [-0.25, -0.2) is 0 Å². The standard InChI is InChI=1S/C21H24N4O2S/c1-14-6-7-17(12-15(14)2)25-19(16-8-10-22-11-9-16)23-24-20(25)28-13-18(26)27-21(3,4)5/h6-12H,13H2,1-5H3. The molecule has 2 heterocycles. The molecule has 6 nitrogen and oxygen atoms in total. The Labute approximate surface area is 169 Å². The summed E-state index contributed by atoms with van der Waals surface area (Å²) in [7, 11) is 0. The van der Waals surface area contributed by atoms with Crippen molar-refractivity contribution in [2.24, 2.45) is 0 Å². The Bertz CT molecular complexity index is 978. The molecule has 3 aromatic rings. The van der Waals surface area contributed by atoms with Gasteiger partial charge >= 0.3 is 5.97 Å². The highest BCUT2D eigenvalue weighted by Gasteiger charge is 2.20. The van der Waals surface area contributed by atoms with E-state index in [0.29, 0.717) is 11.0 Å². The molecule has 0 bridgehead atoms. The second-order valence-corrected chi connectivity index (χ2v) is 8.46. The maximum absolute atomic E-state index is 12.1. The summed E-state index contributed by atoms with van der Waals surface area (Å²) in [4.78, 5) is 16.2. The average Bonchev–Trinajstić information content (AvgIpc) is 3.05. The van der Waals surface area contributed by atoms with E-state index in [1.807, 2.05) is 43.5 Å². The Morgan fingerprint density at radius 2 is 1.79 bits per heavy atom. The fourth-order valence-corrected chi connectivity index (χ4v) is 3.37. The largest absolute Gasteiger partial charge is 0.459 e. The lowest BCUT2D eigenvalue weighted by atomic mass is 10.1. The Kier molecular flexibility index (Phi) is 5.84. The van der Waals surface area contributed by atoms with Crippen LogP contribution in [0.2, 0.25) is 0 Å². The van der Waals surface area contributed by atoms with Crippen molar-refractivity contribution in [3.8, 4) is 17.1 Å². The molecule has 3 rings (SSSR count). The predicted octanol–water partition coefficient (Wildman–Crippen LogP) is 4.38. The van der Waals surface area contributed by atoms with E-state index in [2.05, 4.69) is 41.2 Å². The molecule has 0 aliphatic rings. The van der Waals surface area contributed by atoms with E-state index in [0.717, 1.165) is 11.3 Å². The number of carbonyl (C=O) groups is 1. The van der Waals surface area contributed by atoms with Crippen LogP contribution in [0.4, 0.5) is 0 Å². The van der Waals surface area contributed by atoms with Gasteiger partial charge in [-0.05, 0) is 70.0 Å². The summed E-state index contributed by atoms with van der Waals surface area (Å²) in [5, 5.41) is 9.36. The molecule has 0 atom stereocenters. The van der Waals surface area contributed by atoms with Crippen molar-refractivity contribution < 1.29 is 9.53 Å². The molecule has 1 aromatic carbocycles. The van der Waals surface area contributed by atoms with Crippen LogP contribution in [-0.4, -0.2) is 37.1 Å². The highest BCUT2D eigenvalue weighted by molar-refractivity contribution is 7.99. The number of ether oxygens (including phenoxy) is 1. The van der Waals surface area contributed by atoms with Gasteiger partial charge in [0.15, 0.2) is 11.0 Å². The molecule has 0 saturated heterocycles. The number of hydrogen-bond acceptors (Lipinski definition) is 6. The Morgan fingerprint density at radius 3 is 2.43 bits per heavy atom. The molecular formula is C21H24N4O2S. The van der Waals surface area contributed by atoms with Gasteiger partial charge in [0.05, 0.1) is 11.4 Å². The monoisotopic (exact) mass is 396 g/mol. The molecule has 28 heavy (non-hydrogen) atoms. The fraction of sp³-hybridized carbons (Fsp3) is 0.333. The first-order valence-electron chi connectivity index (χ1n) is 9.03. The summed E-state index contributed by atoms with van der Waals surface area (Å²) in [6.07, 6.45) is 3.45. The Balaban J connectivity index is 1.97. The molecule has 0 aliphatic heterocycles. The van der Waals surface area contributed by atoms with Crippen molar-refractivity contribution in [2.45, 2.75) is 45.4 Å². The maximum Gasteiger partial charge on any atom is 0.316 e. The summed E-state index contributed by atoms with van der Waals surface area (Å²) >= 11 is 1.32. The quantitative estimate of drug-likeness (QED) is 0.471. The zero-order chi connectivity index (χ0) is 20.3. The van der Waals surface area contributed by atoms with Crippen LogP contribution in [0.25, 0.3) is 17.1 Å². The van der Waals surface area contributed by atoms with Crippen LogP contribution in [-0.2, 0) is 9.53 Å². The molecule has 7 heteroatoms. The van der Waals surface area contributed by atoms with Gasteiger partial charge in [0.1, 0.15) is 5.60 Å². The molecule has 0 saturated carbocycles. The highest BCUT2D eigenvalue weighted by Crippen LogP contribution is 2.29. The van der Waals surface area contributed by atoms with Crippen molar-refractivity contribution in [2.75, 3.05) is 5.75 Å². The van der Waals surface area contributed by atoms with Gasteiger partial charge in [-0.15, -0.1) is 10.2 Å². The minimum atomic E-state index is -0.512. The summed E-state index contributed by atoms with van der Waals surface area (Å²) in [5.41, 5.74) is 3.73. The van der Waals surface area contributed by atoms with Gasteiger partial charge in [0.2, 0.25) is 0 Å². The lowest BCUT2D eigenvalue weighted by Gasteiger charge is -2.19. The zero-order valence-electron chi connectivity index (χ0n) is 16.8. The van der Waals surface area contributed by atoms with E-state index in [1.165, 1.54) is 22.9 Å². The molecule has 0 N–H and O–H groups in total. The van der Waals surface area contributed by atoms with Crippen LogP contribution in [0.5, 0.6) is 0 Å². The lowest BCUT2D eigenvalue weighted by Crippen LogP contribution is -2.25. The number of benzene rings is 1. The molecule has 0 aliphatic carbocycles. The van der Waals surface area contributed by atoms with Crippen LogP contribution < -0.4 is 0 Å². The van der Waals surface area contributed by atoms with Gasteiger partial charge in [0.25, 0.3) is 0 Å². The maximum atomic E-state index is 12.1. The number of carbonyl (C=O) groups excluding carboxylic acids is 1. The Morgan fingerprint density at radius 1 is 1.07 bits per heavy atom. The SMILES string of the molecule is Cc1ccc(-n2c(SCC(=O)OC(C)(C)C)nnc2-c2ccncc2)cc1C. The lowest BCUT2D eigenvalue weighted by molar-refractivity contribution is -0.151. The van der Waals surface area contributed by atoms with Crippen LogP contribution in [0.3, 0.4) is 0 Å². The van der Waals surface area contributed by atoms with E-state index in [9.17, 15) is 4.79 Å². The van der Waals surface area contributed by atoms with E-state index >= 15 is 0 Å². The van der Waals surface area contributed by atoms with Crippen molar-refractivity contribution in [1.29, 1.82) is 0 Å². The van der Waals surface area contributed by atoms with Crippen LogP contribution in [0.1, 0.15) is 31.9 Å². The molecule has 0 radical (unpaired) electrons. The van der Waals surface area contributed by atoms with Gasteiger partial charge in [-0.2, -0.15) is 0 Å². The number of esters is 1. The Hall–Kier alpha value is -2.67. The molecule has 0 unspecified atom stereocenters. The number of thioether (sulfide) groups is 1. The minimum absolute atomic E-state index is 0.163. The first-order valence-corrected chi connectivity index (χ1v) is 10.0. The van der Waals surface area contributed by atoms with Crippen molar-refractivity contribution in [1.82, 2.24) is 19.7 Å². The molecule has 146 valence electrons. The third-order valence-corrected chi connectivity index (χ3v) is 4.96. The van der Waals surface area contributed by atoms with Crippen molar-refractivity contribution in [3.63, 3.8) is 0 Å². The molecule has 0 amide bonds. The molecule has 0 spiro atoms. The van der Waals surface area contributed by atoms with Crippen molar-refractivity contribution in [3.05, 3.63) is 53.9 Å². The van der Waals surface area contributed by atoms with Crippen LogP contribution in [0.15, 0.2) is 47.9 Å². The number of hydrogen-bond donors (Lipinski definition) is 0. The first kappa shape index (κ1) is 20.1. The summed E-state index contributed by atoms with van der Waals surface area (Å²) < 4.78 is 7.37. The first-order chi connectivity index (χ1) is 13.2. The predicted molar refractivity (Wildman–Crippen MR) is 111 cm³/mol. The molecular weight excluding hydrogens is 372 g/mol. The third-order valence-electron chi connectivity index (χ3n) is 4.06. The second kappa shape index (κ2) is 8.14. The van der Waals surface area contributed by atoms with Gasteiger partial charge in [-0.3, -0.25) is 14.3 Å². The smallest absolute Gasteiger partial charge is 0.316 e. The van der Waals surface area contributed by atoms with E-state index in [-0.39, 0.29) is 11.7 Å². The summed E-state index contributed by atoms with van der Waals surface area (Å²) in [5.74, 6) is 0.589. The zero-order valence-corrected chi connectivity index (χ0v) is 17.6. The van der Waals surface area contributed by atoms with E-state index < -0.39 is 5.60 Å². The third kappa shape index (κ3) is 4.78. The van der Waals surface area contributed by atoms with Crippen LogP contribution in [0, 0.1) is 13.8 Å².